The molecule has 0 radical (unpaired) electrons. The number of methoxy groups -OCH3 is 1. The average molecular weight is 398 g/mol. The molecule has 0 aromatic carbocycles. The first kappa shape index (κ1) is 19.7. The molecule has 2 aromatic heterocycles. The standard InChI is InChI=1S/C15H23N6O5P/c1-11(15(22)24-2)21-4-3-6-26-27(21,23)10-25-7-5-20-9-19-12-13(16)17-8-18-14(12)20/h8-9,11H,3-7,10H2,1-2H3,(H2,16,17,18)/t11-,27+/m0/s1. The lowest BCUT2D eigenvalue weighted by Crippen LogP contribution is -2.42. The molecule has 2 atom stereocenters. The van der Waals surface area contributed by atoms with E-state index in [0.717, 1.165) is 0 Å². The lowest BCUT2D eigenvalue weighted by molar-refractivity contribution is -0.145. The van der Waals surface area contributed by atoms with Crippen molar-refractivity contribution in [1.82, 2.24) is 24.2 Å². The number of esters is 1. The Kier molecular flexibility index (Phi) is 6.05. The predicted molar refractivity (Wildman–Crippen MR) is 96.9 cm³/mol. The van der Waals surface area contributed by atoms with Crippen LogP contribution in [0.2, 0.25) is 0 Å². The topological polar surface area (TPSA) is 135 Å². The maximum absolute atomic E-state index is 13.2. The largest absolute Gasteiger partial charge is 0.468 e. The first-order chi connectivity index (χ1) is 13.0. The molecule has 148 valence electrons. The summed E-state index contributed by atoms with van der Waals surface area (Å²) in [6.45, 7) is 3.21. The van der Waals surface area contributed by atoms with Gasteiger partial charge in [0, 0.05) is 13.1 Å². The van der Waals surface area contributed by atoms with Gasteiger partial charge in [-0.1, -0.05) is 0 Å². The molecule has 2 aromatic rings. The Morgan fingerprint density at radius 3 is 3.04 bits per heavy atom. The van der Waals surface area contributed by atoms with Crippen LogP contribution < -0.4 is 5.73 Å². The van der Waals surface area contributed by atoms with E-state index in [4.69, 9.17) is 19.7 Å². The zero-order valence-corrected chi connectivity index (χ0v) is 16.2. The fraction of sp³-hybridized carbons (Fsp3) is 0.600. The third kappa shape index (κ3) is 4.11. The lowest BCUT2D eigenvalue weighted by Gasteiger charge is -2.37. The Balaban J connectivity index is 1.60. The molecule has 0 saturated carbocycles. The highest BCUT2D eigenvalue weighted by Gasteiger charge is 2.41. The van der Waals surface area contributed by atoms with E-state index in [1.54, 1.807) is 22.5 Å². The number of ether oxygens (including phenoxy) is 2. The minimum absolute atomic E-state index is 0.113. The Hall–Kier alpha value is -2.07. The second-order valence-corrected chi connectivity index (χ2v) is 8.40. The highest BCUT2D eigenvalue weighted by atomic mass is 31.2. The van der Waals surface area contributed by atoms with Crippen LogP contribution in [0.15, 0.2) is 12.7 Å². The number of anilines is 1. The normalized spacial score (nSPS) is 22.0. The van der Waals surface area contributed by atoms with Crippen LogP contribution in [0.5, 0.6) is 0 Å². The van der Waals surface area contributed by atoms with Gasteiger partial charge in [0.1, 0.15) is 24.2 Å². The fourth-order valence-electron chi connectivity index (χ4n) is 2.93. The van der Waals surface area contributed by atoms with Crippen LogP contribution in [-0.2, 0) is 29.9 Å². The second kappa shape index (κ2) is 8.30. The van der Waals surface area contributed by atoms with E-state index in [1.807, 2.05) is 0 Å². The van der Waals surface area contributed by atoms with E-state index in [-0.39, 0.29) is 13.0 Å². The number of hydrogen-bond donors (Lipinski definition) is 1. The van der Waals surface area contributed by atoms with Crippen LogP contribution in [0.1, 0.15) is 13.3 Å². The number of rotatable bonds is 7. The molecule has 12 heteroatoms. The Morgan fingerprint density at radius 1 is 1.44 bits per heavy atom. The van der Waals surface area contributed by atoms with Gasteiger partial charge in [-0.15, -0.1) is 0 Å². The van der Waals surface area contributed by atoms with Crippen molar-refractivity contribution in [3.05, 3.63) is 12.7 Å². The summed E-state index contributed by atoms with van der Waals surface area (Å²) in [7, 11) is -1.97. The third-order valence-electron chi connectivity index (χ3n) is 4.37. The molecule has 0 spiro atoms. The van der Waals surface area contributed by atoms with Gasteiger partial charge in [-0.05, 0) is 13.3 Å². The summed E-state index contributed by atoms with van der Waals surface area (Å²) >= 11 is 0. The molecule has 1 aliphatic rings. The molecule has 0 bridgehead atoms. The van der Waals surface area contributed by atoms with Crippen LogP contribution in [0.25, 0.3) is 11.2 Å². The number of carbonyl (C=O) groups excluding carboxylic acids is 1. The summed E-state index contributed by atoms with van der Waals surface area (Å²) in [6.07, 6.45) is 3.55. The van der Waals surface area contributed by atoms with Gasteiger partial charge in [0.2, 0.25) is 0 Å². The third-order valence-corrected chi connectivity index (χ3v) is 6.79. The van der Waals surface area contributed by atoms with Gasteiger partial charge in [-0.3, -0.25) is 9.36 Å². The van der Waals surface area contributed by atoms with E-state index in [0.29, 0.717) is 43.1 Å². The van der Waals surface area contributed by atoms with Gasteiger partial charge in [-0.25, -0.2) is 19.6 Å². The van der Waals surface area contributed by atoms with Crippen molar-refractivity contribution in [3.8, 4) is 0 Å². The zero-order valence-electron chi connectivity index (χ0n) is 15.3. The van der Waals surface area contributed by atoms with Gasteiger partial charge in [0.15, 0.2) is 11.5 Å². The number of nitrogens with two attached hydrogens (primary N) is 1. The number of fused-ring (bicyclic) bond motifs is 1. The average Bonchev–Trinajstić information content (AvgIpc) is 3.09. The van der Waals surface area contributed by atoms with Crippen molar-refractivity contribution in [3.63, 3.8) is 0 Å². The minimum Gasteiger partial charge on any atom is -0.468 e. The van der Waals surface area contributed by atoms with E-state index >= 15 is 0 Å². The number of nitrogen functional groups attached to an aromatic ring is 1. The van der Waals surface area contributed by atoms with Crippen molar-refractivity contribution in [2.24, 2.45) is 0 Å². The first-order valence-corrected chi connectivity index (χ1v) is 10.3. The molecule has 3 rings (SSSR count). The van der Waals surface area contributed by atoms with Gasteiger partial charge < -0.3 is 24.3 Å². The highest BCUT2D eigenvalue weighted by Crippen LogP contribution is 2.54. The summed E-state index contributed by atoms with van der Waals surface area (Å²) in [5, 5.41) is 0. The van der Waals surface area contributed by atoms with Crippen molar-refractivity contribution < 1.29 is 23.4 Å². The summed E-state index contributed by atoms with van der Waals surface area (Å²) in [4.78, 5) is 24.1. The van der Waals surface area contributed by atoms with Gasteiger partial charge in [-0.2, -0.15) is 0 Å². The summed E-state index contributed by atoms with van der Waals surface area (Å²) in [5.41, 5.74) is 6.89. The first-order valence-electron chi connectivity index (χ1n) is 8.54. The fourth-order valence-corrected chi connectivity index (χ4v) is 5.14. The van der Waals surface area contributed by atoms with E-state index in [9.17, 15) is 9.36 Å². The Morgan fingerprint density at radius 2 is 2.26 bits per heavy atom. The van der Waals surface area contributed by atoms with E-state index in [2.05, 4.69) is 15.0 Å². The van der Waals surface area contributed by atoms with Crippen LogP contribution in [0.4, 0.5) is 5.82 Å². The van der Waals surface area contributed by atoms with Crippen LogP contribution in [0, 0.1) is 0 Å². The van der Waals surface area contributed by atoms with Crippen molar-refractivity contribution in [2.45, 2.75) is 25.9 Å². The molecule has 2 N–H and O–H groups in total. The van der Waals surface area contributed by atoms with Gasteiger partial charge >= 0.3 is 5.97 Å². The maximum Gasteiger partial charge on any atom is 0.323 e. The summed E-state index contributed by atoms with van der Waals surface area (Å²) < 4.78 is 32.4. The number of aromatic nitrogens is 4. The Labute approximate surface area is 156 Å². The molecule has 27 heavy (non-hydrogen) atoms. The van der Waals surface area contributed by atoms with Crippen LogP contribution in [-0.4, -0.2) is 69.4 Å². The Bertz CT molecular complexity index is 858. The summed E-state index contributed by atoms with van der Waals surface area (Å²) in [5.74, 6) is -0.143. The van der Waals surface area contributed by atoms with E-state index < -0.39 is 19.5 Å². The van der Waals surface area contributed by atoms with Crippen molar-refractivity contribution in [2.75, 3.05) is 38.9 Å². The molecular formula is C15H23N6O5P. The molecular weight excluding hydrogens is 375 g/mol. The number of carbonyl (C=O) groups is 1. The number of hydrogen-bond acceptors (Lipinski definition) is 9. The molecule has 1 aliphatic heterocycles. The highest BCUT2D eigenvalue weighted by molar-refractivity contribution is 7.56. The van der Waals surface area contributed by atoms with Crippen LogP contribution >= 0.6 is 7.52 Å². The second-order valence-electron chi connectivity index (χ2n) is 6.09. The van der Waals surface area contributed by atoms with Crippen LogP contribution in [0.3, 0.4) is 0 Å². The number of nitrogens with zero attached hydrogens (tertiary/aromatic N) is 5. The zero-order chi connectivity index (χ0) is 19.4. The molecule has 1 fully saturated rings. The monoisotopic (exact) mass is 398 g/mol. The van der Waals surface area contributed by atoms with Crippen molar-refractivity contribution >= 4 is 30.5 Å². The molecule has 0 aliphatic carbocycles. The quantitative estimate of drug-likeness (QED) is 0.406. The molecule has 1 saturated heterocycles. The molecule has 0 unspecified atom stereocenters. The van der Waals surface area contributed by atoms with Gasteiger partial charge in [0.05, 0.1) is 26.7 Å². The van der Waals surface area contributed by atoms with Crippen molar-refractivity contribution in [1.29, 1.82) is 0 Å². The predicted octanol–water partition coefficient (Wildman–Crippen LogP) is 0.859. The SMILES string of the molecule is COC(=O)[C@H](C)N1CCCO[P@]1(=O)COCCn1cnc2c(N)ncnc21. The number of imidazole rings is 1. The molecule has 3 heterocycles. The smallest absolute Gasteiger partial charge is 0.323 e. The van der Waals surface area contributed by atoms with E-state index in [1.165, 1.54) is 13.4 Å². The maximum atomic E-state index is 13.2. The minimum atomic E-state index is -3.27. The summed E-state index contributed by atoms with van der Waals surface area (Å²) in [6, 6.07) is -0.665. The van der Waals surface area contributed by atoms with Gasteiger partial charge in [0.25, 0.3) is 7.52 Å². The molecule has 0 amide bonds. The lowest BCUT2D eigenvalue weighted by atomic mass is 10.3. The molecule has 11 nitrogen and oxygen atoms in total.